The highest BCUT2D eigenvalue weighted by atomic mass is 16.5. The van der Waals surface area contributed by atoms with E-state index in [1.165, 1.54) is 4.90 Å². The highest BCUT2D eigenvalue weighted by Crippen LogP contribution is 2.30. The van der Waals surface area contributed by atoms with Crippen molar-refractivity contribution in [2.24, 2.45) is 5.92 Å². The molecule has 0 aliphatic carbocycles. The number of aromatic nitrogens is 3. The molecule has 6 atom stereocenters. The van der Waals surface area contributed by atoms with Crippen molar-refractivity contribution in [3.8, 4) is 16.9 Å². The summed E-state index contributed by atoms with van der Waals surface area (Å²) in [5.74, 6) is -3.18. The highest BCUT2D eigenvalue weighted by molar-refractivity contribution is 5.96. The Kier molecular flexibility index (Phi) is 12.4. The number of carboxylic acid groups (broad SMARTS) is 1. The van der Waals surface area contributed by atoms with Gasteiger partial charge in [-0.15, -0.1) is 5.10 Å². The van der Waals surface area contributed by atoms with Crippen molar-refractivity contribution >= 4 is 29.6 Å². The minimum absolute atomic E-state index is 0.0246. The van der Waals surface area contributed by atoms with Crippen LogP contribution in [0.2, 0.25) is 0 Å². The molecule has 56 heavy (non-hydrogen) atoms. The minimum atomic E-state index is -1.31. The number of nitrogens with zero attached hydrogens (tertiary/aromatic N) is 4. The van der Waals surface area contributed by atoms with E-state index >= 15 is 0 Å². The van der Waals surface area contributed by atoms with Gasteiger partial charge in [0.25, 0.3) is 0 Å². The zero-order valence-electron chi connectivity index (χ0n) is 31.8. The molecule has 3 aliphatic heterocycles. The van der Waals surface area contributed by atoms with Crippen molar-refractivity contribution in [3.63, 3.8) is 0 Å². The third-order valence-electron chi connectivity index (χ3n) is 10.4. The van der Waals surface area contributed by atoms with Gasteiger partial charge in [0.1, 0.15) is 42.2 Å². The number of likely N-dealkylation sites (N-methyl/N-ethyl adjacent to an activating group) is 1. The number of carbonyl (C=O) groups is 5. The number of aliphatic carboxylic acids is 1. The van der Waals surface area contributed by atoms with Gasteiger partial charge in [-0.25, -0.2) is 9.48 Å². The summed E-state index contributed by atoms with van der Waals surface area (Å²) in [5, 5.41) is 30.0. The van der Waals surface area contributed by atoms with Crippen LogP contribution in [0, 0.1) is 5.92 Å². The second kappa shape index (κ2) is 17.6. The Balaban J connectivity index is 1.35. The van der Waals surface area contributed by atoms with E-state index in [-0.39, 0.29) is 44.2 Å². The summed E-state index contributed by atoms with van der Waals surface area (Å²) in [7, 11) is 1.64. The second-order valence-corrected chi connectivity index (χ2v) is 14.7. The monoisotopic (exact) mass is 764 g/mol. The van der Waals surface area contributed by atoms with Gasteiger partial charge in [0.15, 0.2) is 0 Å². The minimum Gasteiger partial charge on any atom is -0.487 e. The maximum absolute atomic E-state index is 14.5. The first kappa shape index (κ1) is 39.6. The van der Waals surface area contributed by atoms with Gasteiger partial charge in [0, 0.05) is 25.8 Å². The molecule has 3 aliphatic rings. The van der Waals surface area contributed by atoms with Crippen molar-refractivity contribution in [1.29, 1.82) is 0 Å². The summed E-state index contributed by atoms with van der Waals surface area (Å²) in [6.07, 6.45) is 1.85. The lowest BCUT2D eigenvalue weighted by atomic mass is 9.99. The van der Waals surface area contributed by atoms with Crippen molar-refractivity contribution in [2.75, 3.05) is 13.6 Å². The van der Waals surface area contributed by atoms with Crippen molar-refractivity contribution in [2.45, 2.75) is 82.9 Å². The fraction of sp³-hybridized carbons (Fsp3) is 0.390. The van der Waals surface area contributed by atoms with Crippen LogP contribution in [0.4, 0.5) is 0 Å². The summed E-state index contributed by atoms with van der Waals surface area (Å²) >= 11 is 0. The number of amides is 4. The Hall–Kier alpha value is -6.09. The Bertz CT molecular complexity index is 2020. The van der Waals surface area contributed by atoms with E-state index in [0.717, 1.165) is 16.7 Å². The first-order valence-corrected chi connectivity index (χ1v) is 18.8. The second-order valence-electron chi connectivity index (χ2n) is 14.7. The normalized spacial score (nSPS) is 21.1. The fourth-order valence-electron chi connectivity index (χ4n) is 6.92. The zero-order chi connectivity index (χ0) is 39.9. The summed E-state index contributed by atoms with van der Waals surface area (Å²) in [6.45, 7) is 5.46. The van der Waals surface area contributed by atoms with E-state index in [0.29, 0.717) is 17.0 Å². The number of benzene rings is 3. The van der Waals surface area contributed by atoms with Gasteiger partial charge >= 0.3 is 5.97 Å². The number of nitrogens with one attached hydrogen (secondary N) is 4. The molecule has 294 valence electrons. The van der Waals surface area contributed by atoms with Crippen LogP contribution in [-0.2, 0) is 43.4 Å². The summed E-state index contributed by atoms with van der Waals surface area (Å²) in [5.41, 5.74) is 3.86. The molecule has 1 saturated heterocycles. The molecule has 4 heterocycles. The van der Waals surface area contributed by atoms with E-state index in [1.54, 1.807) is 49.1 Å². The highest BCUT2D eigenvalue weighted by Gasteiger charge is 2.45. The van der Waals surface area contributed by atoms with Crippen LogP contribution in [0.25, 0.3) is 11.1 Å². The van der Waals surface area contributed by atoms with Crippen molar-refractivity contribution in [1.82, 2.24) is 41.2 Å². The molecule has 1 fully saturated rings. The molecule has 15 nitrogen and oxygen atoms in total. The molecular weight excluding hydrogens is 716 g/mol. The third kappa shape index (κ3) is 9.40. The number of hydrogen-bond acceptors (Lipinski definition) is 9. The predicted molar refractivity (Wildman–Crippen MR) is 206 cm³/mol. The average Bonchev–Trinajstić information content (AvgIpc) is 3.87. The molecule has 0 spiro atoms. The number of ether oxygens (including phenoxy) is 1. The van der Waals surface area contributed by atoms with Gasteiger partial charge in [-0.2, -0.15) is 0 Å². The molecule has 3 aromatic carbocycles. The molecule has 5 N–H and O–H groups in total. The lowest BCUT2D eigenvalue weighted by Crippen LogP contribution is -2.59. The molecule has 0 radical (unpaired) electrons. The van der Waals surface area contributed by atoms with E-state index < -0.39 is 59.9 Å². The van der Waals surface area contributed by atoms with Gasteiger partial charge in [0.2, 0.25) is 23.6 Å². The summed E-state index contributed by atoms with van der Waals surface area (Å²) < 4.78 is 7.52. The van der Waals surface area contributed by atoms with Crippen molar-refractivity contribution < 1.29 is 33.8 Å². The average molecular weight is 765 g/mol. The van der Waals surface area contributed by atoms with Crippen molar-refractivity contribution in [3.05, 3.63) is 102 Å². The van der Waals surface area contributed by atoms with E-state index in [1.807, 2.05) is 68.4 Å². The number of carboxylic acids is 1. The van der Waals surface area contributed by atoms with Gasteiger partial charge in [-0.1, -0.05) is 85.8 Å². The number of carbonyl (C=O) groups excluding carboxylic acids is 4. The van der Waals surface area contributed by atoms with E-state index in [9.17, 15) is 29.1 Å². The third-order valence-corrected chi connectivity index (χ3v) is 10.4. The Morgan fingerprint density at radius 3 is 2.29 bits per heavy atom. The number of fused-ring (bicyclic) bond motifs is 9. The maximum Gasteiger partial charge on any atom is 0.326 e. The number of likely N-dealkylation sites (tertiary alicyclic amines) is 1. The topological polar surface area (TPSA) is 197 Å². The van der Waals surface area contributed by atoms with Gasteiger partial charge in [-0.3, -0.25) is 19.2 Å². The van der Waals surface area contributed by atoms with Crippen LogP contribution in [0.15, 0.2) is 85.1 Å². The molecule has 4 aromatic rings. The lowest BCUT2D eigenvalue weighted by molar-refractivity contribution is -0.144. The Labute approximate surface area is 325 Å². The molecule has 4 amide bonds. The van der Waals surface area contributed by atoms with Crippen LogP contribution in [0.1, 0.15) is 50.1 Å². The largest absolute Gasteiger partial charge is 0.487 e. The van der Waals surface area contributed by atoms with Crippen LogP contribution >= 0.6 is 0 Å². The quantitative estimate of drug-likeness (QED) is 0.169. The smallest absolute Gasteiger partial charge is 0.326 e. The first-order valence-electron chi connectivity index (χ1n) is 18.8. The molecule has 1 aromatic heterocycles. The SMILES string of the molecule is CN[C@@H](C)C(=O)N[C@H](C(=O)N1C[C@@H]2C[C@H]1C(=O)N[C@@H](Cc1ccc(-c3ccccc3)cc1)C(=O)N[C@H](C(=O)O)Cc1ccc(cc1)OCc1cn2nn1)C(C)C. The summed E-state index contributed by atoms with van der Waals surface area (Å²) in [6, 6.07) is 18.6. The van der Waals surface area contributed by atoms with Crippen LogP contribution in [-0.4, -0.2) is 98.4 Å². The number of rotatable bonds is 9. The van der Waals surface area contributed by atoms with Gasteiger partial charge in [-0.05, 0) is 54.3 Å². The number of hydrogen-bond donors (Lipinski definition) is 5. The standard InChI is InChI=1S/C41H48N8O7/c1-24(2)36(45-37(50)25(3)42-4)40(53)48-22-31-20-35(48)39(52)43-33(18-26-10-14-29(15-11-26)28-8-6-5-7-9-28)38(51)44-34(41(54)55)19-27-12-16-32(17-13-27)56-23-30-21-49(31)47-46-30/h5-17,21,24-25,31,33-36,42H,18-20,22-23H2,1-4H3,(H,43,52)(H,44,51)(H,45,50)(H,54,55)/t25-,31-,33-,34-,35-,36-/m0/s1. The fourth-order valence-corrected chi connectivity index (χ4v) is 6.92. The lowest BCUT2D eigenvalue weighted by Gasteiger charge is -2.32. The zero-order valence-corrected chi connectivity index (χ0v) is 31.8. The predicted octanol–water partition coefficient (Wildman–Crippen LogP) is 2.27. The molecule has 0 saturated carbocycles. The van der Waals surface area contributed by atoms with Crippen LogP contribution < -0.4 is 26.0 Å². The molecule has 0 unspecified atom stereocenters. The Morgan fingerprint density at radius 2 is 1.62 bits per heavy atom. The van der Waals surface area contributed by atoms with E-state index in [4.69, 9.17) is 4.74 Å². The maximum atomic E-state index is 14.5. The summed E-state index contributed by atoms with van der Waals surface area (Å²) in [4.78, 5) is 69.9. The van der Waals surface area contributed by atoms with Gasteiger partial charge < -0.3 is 36.0 Å². The molecule has 15 heteroatoms. The Morgan fingerprint density at radius 1 is 0.929 bits per heavy atom. The first-order chi connectivity index (χ1) is 26.9. The molecule has 6 bridgehead atoms. The van der Waals surface area contributed by atoms with Crippen LogP contribution in [0.3, 0.4) is 0 Å². The van der Waals surface area contributed by atoms with E-state index in [2.05, 4.69) is 31.6 Å². The van der Waals surface area contributed by atoms with Gasteiger partial charge in [0.05, 0.1) is 18.3 Å². The van der Waals surface area contributed by atoms with Crippen LogP contribution in [0.5, 0.6) is 5.75 Å². The molecular formula is C41H48N8O7. The molecule has 7 rings (SSSR count).